The smallest absolute Gasteiger partial charge is 0.303 e. The van der Waals surface area contributed by atoms with Crippen LogP contribution in [0.4, 0.5) is 0 Å². The molecule has 30 heavy (non-hydrogen) atoms. The molecule has 0 saturated heterocycles. The Morgan fingerprint density at radius 3 is 2.40 bits per heavy atom. The van der Waals surface area contributed by atoms with Crippen molar-refractivity contribution in [2.75, 3.05) is 0 Å². The SMILES string of the molecule is CCc1ccccc1C(CCC(=O)O)C(=O)c1cccc(OCc2ccccc2)c1. The van der Waals surface area contributed by atoms with Gasteiger partial charge in [0.15, 0.2) is 5.78 Å². The number of hydrogen-bond donors (Lipinski definition) is 1. The molecule has 1 atom stereocenters. The molecule has 3 aromatic rings. The molecule has 3 aromatic carbocycles. The predicted molar refractivity (Wildman–Crippen MR) is 117 cm³/mol. The van der Waals surface area contributed by atoms with Crippen LogP contribution in [0.15, 0.2) is 78.9 Å². The van der Waals surface area contributed by atoms with E-state index in [0.717, 1.165) is 23.1 Å². The molecule has 0 spiro atoms. The number of ether oxygens (including phenoxy) is 1. The van der Waals surface area contributed by atoms with E-state index in [9.17, 15) is 14.7 Å². The van der Waals surface area contributed by atoms with Crippen LogP contribution in [0, 0.1) is 0 Å². The Hall–Kier alpha value is -3.40. The lowest BCUT2D eigenvalue weighted by Crippen LogP contribution is -2.16. The largest absolute Gasteiger partial charge is 0.489 e. The lowest BCUT2D eigenvalue weighted by atomic mass is 9.84. The molecule has 1 unspecified atom stereocenters. The minimum Gasteiger partial charge on any atom is -0.489 e. The van der Waals surface area contributed by atoms with Gasteiger partial charge in [-0.05, 0) is 41.7 Å². The Morgan fingerprint density at radius 1 is 0.933 bits per heavy atom. The van der Waals surface area contributed by atoms with Gasteiger partial charge in [-0.1, -0.05) is 73.7 Å². The van der Waals surface area contributed by atoms with Crippen molar-refractivity contribution in [3.05, 3.63) is 101 Å². The summed E-state index contributed by atoms with van der Waals surface area (Å²) in [5.41, 5.74) is 3.55. The normalized spacial score (nSPS) is 11.6. The molecule has 0 fully saturated rings. The van der Waals surface area contributed by atoms with E-state index in [4.69, 9.17) is 4.74 Å². The number of aliphatic carboxylic acids is 1. The van der Waals surface area contributed by atoms with E-state index in [2.05, 4.69) is 0 Å². The topological polar surface area (TPSA) is 63.6 Å². The van der Waals surface area contributed by atoms with E-state index in [-0.39, 0.29) is 18.6 Å². The van der Waals surface area contributed by atoms with E-state index in [0.29, 0.717) is 17.9 Å². The fraction of sp³-hybridized carbons (Fsp3) is 0.231. The van der Waals surface area contributed by atoms with Gasteiger partial charge in [0.25, 0.3) is 0 Å². The molecule has 0 heterocycles. The molecule has 0 aromatic heterocycles. The number of benzene rings is 3. The third-order valence-corrected chi connectivity index (χ3v) is 5.14. The molecule has 4 nitrogen and oxygen atoms in total. The van der Waals surface area contributed by atoms with Crippen LogP contribution < -0.4 is 4.74 Å². The third kappa shape index (κ3) is 5.57. The number of hydrogen-bond acceptors (Lipinski definition) is 3. The minimum atomic E-state index is -0.901. The maximum atomic E-state index is 13.4. The Balaban J connectivity index is 1.84. The summed E-state index contributed by atoms with van der Waals surface area (Å²) in [6.45, 7) is 2.45. The van der Waals surface area contributed by atoms with Crippen molar-refractivity contribution in [3.8, 4) is 5.75 Å². The quantitative estimate of drug-likeness (QED) is 0.445. The number of carboxylic acids is 1. The summed E-state index contributed by atoms with van der Waals surface area (Å²) in [4.78, 5) is 24.6. The van der Waals surface area contributed by atoms with Crippen molar-refractivity contribution in [2.45, 2.75) is 38.7 Å². The van der Waals surface area contributed by atoms with Crippen molar-refractivity contribution in [1.82, 2.24) is 0 Å². The minimum absolute atomic E-state index is 0.0569. The van der Waals surface area contributed by atoms with Crippen LogP contribution in [0.1, 0.15) is 52.7 Å². The number of ketones is 1. The second kappa shape index (κ2) is 10.4. The average molecular weight is 402 g/mol. The lowest BCUT2D eigenvalue weighted by Gasteiger charge is -2.19. The fourth-order valence-electron chi connectivity index (χ4n) is 3.57. The third-order valence-electron chi connectivity index (χ3n) is 5.14. The molecular formula is C26H26O4. The summed E-state index contributed by atoms with van der Waals surface area (Å²) in [6, 6.07) is 24.7. The second-order valence-corrected chi connectivity index (χ2v) is 7.20. The van der Waals surface area contributed by atoms with Gasteiger partial charge in [-0.2, -0.15) is 0 Å². The van der Waals surface area contributed by atoms with Gasteiger partial charge in [0.2, 0.25) is 0 Å². The van der Waals surface area contributed by atoms with Gasteiger partial charge in [-0.25, -0.2) is 0 Å². The zero-order chi connectivity index (χ0) is 21.3. The van der Waals surface area contributed by atoms with Crippen LogP contribution >= 0.6 is 0 Å². The number of Topliss-reactive ketones (excluding diaryl/α,β-unsaturated/α-hetero) is 1. The lowest BCUT2D eigenvalue weighted by molar-refractivity contribution is -0.137. The zero-order valence-electron chi connectivity index (χ0n) is 17.1. The molecule has 0 saturated carbocycles. The summed E-state index contributed by atoms with van der Waals surface area (Å²) in [5.74, 6) is -0.865. The van der Waals surface area contributed by atoms with E-state index >= 15 is 0 Å². The van der Waals surface area contributed by atoms with E-state index in [1.807, 2.05) is 67.6 Å². The van der Waals surface area contributed by atoms with Crippen LogP contribution in [0.3, 0.4) is 0 Å². The molecule has 1 N–H and O–H groups in total. The van der Waals surface area contributed by atoms with Crippen molar-refractivity contribution in [3.63, 3.8) is 0 Å². The zero-order valence-corrected chi connectivity index (χ0v) is 17.1. The van der Waals surface area contributed by atoms with E-state index in [1.54, 1.807) is 18.2 Å². The van der Waals surface area contributed by atoms with Gasteiger partial charge in [-0.3, -0.25) is 9.59 Å². The van der Waals surface area contributed by atoms with Crippen LogP contribution in [0.5, 0.6) is 5.75 Å². The molecule has 3 rings (SSSR count). The summed E-state index contributed by atoms with van der Waals surface area (Å²) >= 11 is 0. The molecular weight excluding hydrogens is 376 g/mol. The summed E-state index contributed by atoms with van der Waals surface area (Å²) in [7, 11) is 0. The van der Waals surface area contributed by atoms with Crippen LogP contribution in [-0.2, 0) is 17.8 Å². The van der Waals surface area contributed by atoms with Gasteiger partial charge in [0, 0.05) is 17.9 Å². The number of carboxylic acid groups (broad SMARTS) is 1. The average Bonchev–Trinajstić information content (AvgIpc) is 2.78. The number of aryl methyl sites for hydroxylation is 1. The Morgan fingerprint density at radius 2 is 1.67 bits per heavy atom. The Bertz CT molecular complexity index is 995. The summed E-state index contributed by atoms with van der Waals surface area (Å²) < 4.78 is 5.87. The van der Waals surface area contributed by atoms with Crippen molar-refractivity contribution < 1.29 is 19.4 Å². The molecule has 0 aliphatic rings. The van der Waals surface area contributed by atoms with E-state index < -0.39 is 11.9 Å². The van der Waals surface area contributed by atoms with Crippen molar-refractivity contribution >= 4 is 11.8 Å². The maximum Gasteiger partial charge on any atom is 0.303 e. The summed E-state index contributed by atoms with van der Waals surface area (Å²) in [5, 5.41) is 9.18. The van der Waals surface area contributed by atoms with Gasteiger partial charge >= 0.3 is 5.97 Å². The first-order valence-corrected chi connectivity index (χ1v) is 10.2. The first-order valence-electron chi connectivity index (χ1n) is 10.2. The highest BCUT2D eigenvalue weighted by molar-refractivity contribution is 6.01. The van der Waals surface area contributed by atoms with Gasteiger partial charge in [0.1, 0.15) is 12.4 Å². The highest BCUT2D eigenvalue weighted by Gasteiger charge is 2.25. The Kier molecular flexibility index (Phi) is 7.39. The predicted octanol–water partition coefficient (Wildman–Crippen LogP) is 5.66. The first kappa shape index (κ1) is 21.3. The second-order valence-electron chi connectivity index (χ2n) is 7.20. The van der Waals surface area contributed by atoms with Gasteiger partial charge in [0.05, 0.1) is 0 Å². The molecule has 0 amide bonds. The molecule has 0 bridgehead atoms. The number of carbonyl (C=O) groups excluding carboxylic acids is 1. The first-order chi connectivity index (χ1) is 14.6. The summed E-state index contributed by atoms with van der Waals surface area (Å²) in [6.07, 6.45) is 0.992. The number of carbonyl (C=O) groups is 2. The molecule has 4 heteroatoms. The fourth-order valence-corrected chi connectivity index (χ4v) is 3.57. The monoisotopic (exact) mass is 402 g/mol. The standard InChI is InChI=1S/C26H26O4/c1-2-20-11-6-7-14-23(20)24(15-16-25(27)28)26(29)21-12-8-13-22(17-21)30-18-19-9-4-3-5-10-19/h3-14,17,24H,2,15-16,18H2,1H3,(H,27,28). The van der Waals surface area contributed by atoms with Crippen LogP contribution in [0.25, 0.3) is 0 Å². The molecule has 0 radical (unpaired) electrons. The van der Waals surface area contributed by atoms with Crippen molar-refractivity contribution in [2.24, 2.45) is 0 Å². The van der Waals surface area contributed by atoms with Crippen LogP contribution in [-0.4, -0.2) is 16.9 Å². The van der Waals surface area contributed by atoms with E-state index in [1.165, 1.54) is 0 Å². The van der Waals surface area contributed by atoms with Crippen molar-refractivity contribution in [1.29, 1.82) is 0 Å². The molecule has 0 aliphatic heterocycles. The maximum absolute atomic E-state index is 13.4. The van der Waals surface area contributed by atoms with Gasteiger partial charge in [-0.15, -0.1) is 0 Å². The Labute approximate surface area is 177 Å². The van der Waals surface area contributed by atoms with Gasteiger partial charge < -0.3 is 9.84 Å². The van der Waals surface area contributed by atoms with Crippen LogP contribution in [0.2, 0.25) is 0 Å². The highest BCUT2D eigenvalue weighted by Crippen LogP contribution is 2.30. The molecule has 0 aliphatic carbocycles. The molecule has 154 valence electrons. The highest BCUT2D eigenvalue weighted by atomic mass is 16.5. The number of rotatable bonds is 10.